The van der Waals surface area contributed by atoms with Crippen molar-refractivity contribution in [3.05, 3.63) is 89.1 Å². The number of furan rings is 1. The van der Waals surface area contributed by atoms with E-state index in [0.717, 1.165) is 11.1 Å². The van der Waals surface area contributed by atoms with Crippen molar-refractivity contribution in [3.63, 3.8) is 0 Å². The number of nitrogens with two attached hydrogens (primary N) is 1. The number of primary amides is 1. The fourth-order valence-electron chi connectivity index (χ4n) is 3.35. The highest BCUT2D eigenvalue weighted by Gasteiger charge is 2.19. The van der Waals surface area contributed by atoms with Gasteiger partial charge in [-0.15, -0.1) is 0 Å². The number of nitrogens with one attached hydrogen (secondary N) is 3. The van der Waals surface area contributed by atoms with E-state index < -0.39 is 17.9 Å². The molecule has 0 radical (unpaired) electrons. The topological polar surface area (TPSA) is 163 Å². The molecule has 2 aromatic heterocycles. The Morgan fingerprint density at radius 3 is 2.41 bits per heavy atom. The van der Waals surface area contributed by atoms with E-state index in [0.29, 0.717) is 23.0 Å². The largest absolute Gasteiger partial charge is 0.478 e. The summed E-state index contributed by atoms with van der Waals surface area (Å²) in [7, 11) is 0. The number of anilines is 2. The Morgan fingerprint density at radius 1 is 1.06 bits per heavy atom. The predicted molar refractivity (Wildman–Crippen MR) is 125 cm³/mol. The lowest BCUT2D eigenvalue weighted by Crippen LogP contribution is -2.22. The van der Waals surface area contributed by atoms with Gasteiger partial charge in [0.2, 0.25) is 0 Å². The number of hydrogen-bond donors (Lipinski definition) is 5. The molecule has 0 saturated carbocycles. The van der Waals surface area contributed by atoms with E-state index in [9.17, 15) is 14.4 Å². The van der Waals surface area contributed by atoms with Crippen LogP contribution in [-0.2, 0) is 6.42 Å². The number of amides is 3. The number of rotatable bonds is 7. The summed E-state index contributed by atoms with van der Waals surface area (Å²) >= 11 is 0. The first-order valence-electron chi connectivity index (χ1n) is 10.2. The van der Waals surface area contributed by atoms with Gasteiger partial charge in [0.25, 0.3) is 5.91 Å². The van der Waals surface area contributed by atoms with Gasteiger partial charge in [-0.1, -0.05) is 42.5 Å². The Hall–Kier alpha value is -4.86. The summed E-state index contributed by atoms with van der Waals surface area (Å²) in [5, 5.41) is 14.2. The molecule has 2 heterocycles. The normalized spacial score (nSPS) is 10.6. The molecule has 0 unspecified atom stereocenters. The number of benzene rings is 2. The average molecular weight is 459 g/mol. The first-order valence-corrected chi connectivity index (χ1v) is 10.2. The van der Waals surface area contributed by atoms with Crippen molar-refractivity contribution in [3.8, 4) is 11.3 Å². The lowest BCUT2D eigenvalue weighted by molar-refractivity contribution is 0.0696. The van der Waals surface area contributed by atoms with Gasteiger partial charge >= 0.3 is 12.0 Å². The van der Waals surface area contributed by atoms with Gasteiger partial charge in [0.05, 0.1) is 11.3 Å². The summed E-state index contributed by atoms with van der Waals surface area (Å²) in [6.07, 6.45) is 0.269. The van der Waals surface area contributed by atoms with E-state index >= 15 is 0 Å². The van der Waals surface area contributed by atoms with Crippen molar-refractivity contribution in [1.29, 1.82) is 0 Å². The van der Waals surface area contributed by atoms with Gasteiger partial charge in [-0.25, -0.2) is 14.6 Å². The molecular weight excluding hydrogens is 438 g/mol. The van der Waals surface area contributed by atoms with Gasteiger partial charge in [-0.3, -0.25) is 10.1 Å². The molecule has 0 aliphatic carbocycles. The van der Waals surface area contributed by atoms with Gasteiger partial charge in [0.15, 0.2) is 5.82 Å². The van der Waals surface area contributed by atoms with Gasteiger partial charge in [-0.2, -0.15) is 0 Å². The van der Waals surface area contributed by atoms with Crippen molar-refractivity contribution in [2.24, 2.45) is 5.73 Å². The molecule has 0 bridgehead atoms. The molecule has 10 nitrogen and oxygen atoms in total. The zero-order valence-electron chi connectivity index (χ0n) is 18.1. The second-order valence-electron chi connectivity index (χ2n) is 7.48. The lowest BCUT2D eigenvalue weighted by atomic mass is 10.1. The fourth-order valence-corrected chi connectivity index (χ4v) is 3.35. The van der Waals surface area contributed by atoms with Crippen molar-refractivity contribution in [2.45, 2.75) is 13.3 Å². The lowest BCUT2D eigenvalue weighted by Gasteiger charge is -2.05. The van der Waals surface area contributed by atoms with E-state index in [-0.39, 0.29) is 23.5 Å². The quantitative estimate of drug-likeness (QED) is 0.280. The minimum Gasteiger partial charge on any atom is -0.478 e. The third kappa shape index (κ3) is 4.96. The van der Waals surface area contributed by atoms with Crippen LogP contribution in [0.2, 0.25) is 0 Å². The molecule has 3 amide bonds. The third-order valence-electron chi connectivity index (χ3n) is 5.03. The van der Waals surface area contributed by atoms with Crippen LogP contribution in [0.25, 0.3) is 11.3 Å². The van der Waals surface area contributed by atoms with E-state index in [1.54, 1.807) is 25.1 Å². The smallest absolute Gasteiger partial charge is 0.335 e. The number of aryl methyl sites for hydroxylation is 1. The molecule has 0 atom stereocenters. The number of imidazole rings is 1. The second-order valence-corrected chi connectivity index (χ2v) is 7.48. The zero-order chi connectivity index (χ0) is 24.2. The molecule has 0 spiro atoms. The van der Waals surface area contributed by atoms with Gasteiger partial charge in [0.1, 0.15) is 23.0 Å². The van der Waals surface area contributed by atoms with Crippen LogP contribution in [0.3, 0.4) is 0 Å². The van der Waals surface area contributed by atoms with Crippen LogP contribution >= 0.6 is 0 Å². The number of hydrogen-bond acceptors (Lipinski definition) is 5. The van der Waals surface area contributed by atoms with Crippen LogP contribution in [0.15, 0.2) is 65.1 Å². The van der Waals surface area contributed by atoms with Crippen molar-refractivity contribution >= 4 is 29.4 Å². The summed E-state index contributed by atoms with van der Waals surface area (Å²) < 4.78 is 5.73. The van der Waals surface area contributed by atoms with Crippen LogP contribution in [0.5, 0.6) is 0 Å². The number of aromatic carboxylic acids is 1. The molecule has 2 aromatic carbocycles. The van der Waals surface area contributed by atoms with Gasteiger partial charge in [0, 0.05) is 18.1 Å². The molecule has 4 aromatic rings. The van der Waals surface area contributed by atoms with Crippen LogP contribution in [0, 0.1) is 6.92 Å². The Bertz CT molecular complexity index is 1360. The molecular formula is C24H21N5O5. The number of carbonyl (C=O) groups excluding carboxylic acids is 2. The molecule has 6 N–H and O–H groups in total. The van der Waals surface area contributed by atoms with Crippen LogP contribution < -0.4 is 16.4 Å². The maximum absolute atomic E-state index is 12.6. The molecule has 10 heteroatoms. The number of carboxylic acid groups (broad SMARTS) is 1. The molecule has 0 aliphatic rings. The summed E-state index contributed by atoms with van der Waals surface area (Å²) in [6.45, 7) is 1.72. The first kappa shape index (κ1) is 22.3. The Labute approximate surface area is 193 Å². The van der Waals surface area contributed by atoms with Crippen molar-refractivity contribution < 1.29 is 23.9 Å². The Morgan fingerprint density at radius 2 is 1.76 bits per heavy atom. The fraction of sp³-hybridized carbons (Fsp3) is 0.0833. The molecule has 0 saturated heterocycles. The maximum atomic E-state index is 12.6. The molecule has 172 valence electrons. The molecule has 4 rings (SSSR count). The van der Waals surface area contributed by atoms with Gasteiger partial charge < -0.3 is 25.6 Å². The maximum Gasteiger partial charge on any atom is 0.335 e. The van der Waals surface area contributed by atoms with E-state index in [4.69, 9.17) is 15.3 Å². The first-order chi connectivity index (χ1) is 16.3. The number of nitrogens with zero attached hydrogens (tertiary/aromatic N) is 1. The average Bonchev–Trinajstić information content (AvgIpc) is 3.37. The van der Waals surface area contributed by atoms with Crippen LogP contribution in [0.4, 0.5) is 16.3 Å². The van der Waals surface area contributed by atoms with E-state index in [1.807, 2.05) is 30.3 Å². The van der Waals surface area contributed by atoms with E-state index in [2.05, 4.69) is 20.6 Å². The van der Waals surface area contributed by atoms with Gasteiger partial charge in [-0.05, 0) is 24.6 Å². The van der Waals surface area contributed by atoms with Crippen LogP contribution in [0.1, 0.15) is 38.0 Å². The van der Waals surface area contributed by atoms with Crippen molar-refractivity contribution in [2.75, 3.05) is 10.6 Å². The van der Waals surface area contributed by atoms with Crippen molar-refractivity contribution in [1.82, 2.24) is 9.97 Å². The molecule has 0 fully saturated rings. The number of H-pyrrole nitrogens is 1. The molecule has 0 aliphatic heterocycles. The highest BCUT2D eigenvalue weighted by molar-refractivity contribution is 6.04. The minimum absolute atomic E-state index is 0.0217. The summed E-state index contributed by atoms with van der Waals surface area (Å²) in [5.74, 6) is -0.355. The number of carboxylic acids is 1. The summed E-state index contributed by atoms with van der Waals surface area (Å²) in [6, 6.07) is 16.7. The number of aromatic amines is 1. The number of urea groups is 1. The summed E-state index contributed by atoms with van der Waals surface area (Å²) in [4.78, 5) is 42.5. The number of aromatic nitrogens is 2. The highest BCUT2D eigenvalue weighted by Crippen LogP contribution is 2.28. The minimum atomic E-state index is -1.03. The highest BCUT2D eigenvalue weighted by atomic mass is 16.4. The van der Waals surface area contributed by atoms with E-state index in [1.165, 1.54) is 12.1 Å². The SMILES string of the molecule is Cc1oc(-c2ccccc2)cc1NC(=O)Nc1nc(Cc2ccc(C(=O)O)cc2)[nH]c1C(N)=O. The predicted octanol–water partition coefficient (Wildman–Crippen LogP) is 4.01. The standard InChI is InChI=1S/C24H21N5O5/c1-13-17(12-18(34-13)15-5-3-2-4-6-15)26-24(33)29-22-20(21(25)30)27-19(28-22)11-14-7-9-16(10-8-14)23(31)32/h2-10,12H,11H2,1H3,(H2,25,30)(H,27,28)(H,31,32)(H2,26,29,33). The summed E-state index contributed by atoms with van der Waals surface area (Å²) in [5.41, 5.74) is 7.62. The Balaban J connectivity index is 1.48. The van der Waals surface area contributed by atoms with Crippen LogP contribution in [-0.4, -0.2) is 33.0 Å². The number of carbonyl (C=O) groups is 3. The Kier molecular flexibility index (Phi) is 6.13. The zero-order valence-corrected chi connectivity index (χ0v) is 18.1. The second kappa shape index (κ2) is 9.33. The molecule has 34 heavy (non-hydrogen) atoms. The monoisotopic (exact) mass is 459 g/mol. The third-order valence-corrected chi connectivity index (χ3v) is 5.03.